The van der Waals surface area contributed by atoms with Crippen molar-refractivity contribution in [1.82, 2.24) is 4.90 Å². The largest absolute Gasteiger partial charge is 0.454 e. The quantitative estimate of drug-likeness (QED) is 0.816. The highest BCUT2D eigenvalue weighted by molar-refractivity contribution is 5.76. The predicted octanol–water partition coefficient (Wildman–Crippen LogP) is 1.13. The number of benzene rings is 1. The maximum atomic E-state index is 12.3. The molecule has 1 aliphatic rings. The highest BCUT2D eigenvalue weighted by Crippen LogP contribution is 2.32. The van der Waals surface area contributed by atoms with Crippen molar-refractivity contribution in [1.29, 1.82) is 0 Å². The fourth-order valence-electron chi connectivity index (χ4n) is 2.22. The number of methoxy groups -OCH3 is 1. The molecule has 0 bridgehead atoms. The number of carbonyl (C=O) groups excluding carboxylic acids is 1. The summed E-state index contributed by atoms with van der Waals surface area (Å²) in [5.74, 6) is 1.51. The van der Waals surface area contributed by atoms with Gasteiger partial charge >= 0.3 is 0 Å². The Bertz CT molecular complexity index is 489. The number of ether oxygens (including phenoxy) is 3. The van der Waals surface area contributed by atoms with Gasteiger partial charge in [0.15, 0.2) is 11.5 Å². The first-order chi connectivity index (χ1) is 10.2. The van der Waals surface area contributed by atoms with Crippen LogP contribution in [0.15, 0.2) is 18.2 Å². The third kappa shape index (κ3) is 3.86. The number of fused-ring (bicyclic) bond motifs is 1. The molecule has 1 heterocycles. The van der Waals surface area contributed by atoms with Gasteiger partial charge in [0.2, 0.25) is 12.7 Å². The van der Waals surface area contributed by atoms with Crippen LogP contribution in [-0.4, -0.2) is 43.9 Å². The number of nitrogens with two attached hydrogens (primary N) is 1. The lowest BCUT2D eigenvalue weighted by atomic mass is 10.1. The second kappa shape index (κ2) is 7.28. The van der Waals surface area contributed by atoms with Crippen molar-refractivity contribution in [3.8, 4) is 11.5 Å². The van der Waals surface area contributed by atoms with E-state index in [1.807, 2.05) is 25.1 Å². The number of carbonyl (C=O) groups is 1. The molecule has 1 amide bonds. The van der Waals surface area contributed by atoms with Crippen molar-refractivity contribution >= 4 is 5.91 Å². The highest BCUT2D eigenvalue weighted by Gasteiger charge is 2.19. The predicted molar refractivity (Wildman–Crippen MR) is 78.1 cm³/mol. The third-order valence-electron chi connectivity index (χ3n) is 3.54. The molecule has 1 aromatic rings. The molecule has 0 radical (unpaired) electrons. The van der Waals surface area contributed by atoms with Crippen molar-refractivity contribution in [2.75, 3.05) is 27.0 Å². The van der Waals surface area contributed by atoms with E-state index in [1.54, 1.807) is 12.0 Å². The van der Waals surface area contributed by atoms with Gasteiger partial charge in [0.25, 0.3) is 0 Å². The van der Waals surface area contributed by atoms with E-state index in [9.17, 15) is 4.79 Å². The van der Waals surface area contributed by atoms with E-state index < -0.39 is 0 Å². The molecule has 1 aliphatic heterocycles. The highest BCUT2D eigenvalue weighted by atomic mass is 16.7. The van der Waals surface area contributed by atoms with Gasteiger partial charge in [-0.1, -0.05) is 6.07 Å². The van der Waals surface area contributed by atoms with Crippen molar-refractivity contribution in [3.05, 3.63) is 23.8 Å². The molecule has 0 aliphatic carbocycles. The number of rotatable bonds is 7. The third-order valence-corrected chi connectivity index (χ3v) is 3.54. The van der Waals surface area contributed by atoms with Gasteiger partial charge in [-0.15, -0.1) is 0 Å². The van der Waals surface area contributed by atoms with Crippen LogP contribution < -0.4 is 15.2 Å². The average Bonchev–Trinajstić information content (AvgIpc) is 2.97. The standard InChI is InChI=1S/C15H22N2O4/c1-3-17(15(18)7-12(8-16)19-2)9-11-4-5-13-14(6-11)21-10-20-13/h4-6,12H,3,7-10,16H2,1-2H3. The number of amides is 1. The van der Waals surface area contributed by atoms with Gasteiger partial charge in [-0.25, -0.2) is 0 Å². The van der Waals surface area contributed by atoms with Crippen LogP contribution in [0.3, 0.4) is 0 Å². The molecule has 1 unspecified atom stereocenters. The lowest BCUT2D eigenvalue weighted by Crippen LogP contribution is -2.35. The van der Waals surface area contributed by atoms with Gasteiger partial charge in [0.1, 0.15) is 0 Å². The van der Waals surface area contributed by atoms with Crippen LogP contribution in [0.2, 0.25) is 0 Å². The van der Waals surface area contributed by atoms with Gasteiger partial charge in [0, 0.05) is 26.7 Å². The molecular weight excluding hydrogens is 272 g/mol. The van der Waals surface area contributed by atoms with Crippen LogP contribution in [-0.2, 0) is 16.1 Å². The van der Waals surface area contributed by atoms with Crippen molar-refractivity contribution in [3.63, 3.8) is 0 Å². The van der Waals surface area contributed by atoms with Gasteiger partial charge in [-0.2, -0.15) is 0 Å². The summed E-state index contributed by atoms with van der Waals surface area (Å²) < 4.78 is 15.8. The normalized spacial score (nSPS) is 14.0. The monoisotopic (exact) mass is 294 g/mol. The molecule has 0 spiro atoms. The SMILES string of the molecule is CCN(Cc1ccc2c(c1)OCO2)C(=O)CC(CN)OC. The summed E-state index contributed by atoms with van der Waals surface area (Å²) in [7, 11) is 1.57. The lowest BCUT2D eigenvalue weighted by molar-refractivity contribution is -0.134. The van der Waals surface area contributed by atoms with Gasteiger partial charge in [-0.05, 0) is 24.6 Å². The summed E-state index contributed by atoms with van der Waals surface area (Å²) in [6.07, 6.45) is 0.0640. The van der Waals surface area contributed by atoms with E-state index >= 15 is 0 Å². The molecule has 6 nitrogen and oxygen atoms in total. The van der Waals surface area contributed by atoms with Crippen LogP contribution in [0.5, 0.6) is 11.5 Å². The van der Waals surface area contributed by atoms with Crippen LogP contribution in [0.25, 0.3) is 0 Å². The Morgan fingerprint density at radius 1 is 1.43 bits per heavy atom. The van der Waals surface area contributed by atoms with Crippen molar-refractivity contribution in [2.24, 2.45) is 5.73 Å². The lowest BCUT2D eigenvalue weighted by Gasteiger charge is -2.23. The molecule has 2 rings (SSSR count). The zero-order chi connectivity index (χ0) is 15.2. The van der Waals surface area contributed by atoms with E-state index in [0.29, 0.717) is 26.1 Å². The average molecular weight is 294 g/mol. The van der Waals surface area contributed by atoms with E-state index in [0.717, 1.165) is 17.1 Å². The van der Waals surface area contributed by atoms with E-state index in [1.165, 1.54) is 0 Å². The first kappa shape index (κ1) is 15.6. The number of nitrogens with zero attached hydrogens (tertiary/aromatic N) is 1. The second-order valence-corrected chi connectivity index (χ2v) is 4.89. The summed E-state index contributed by atoms with van der Waals surface area (Å²) in [6, 6.07) is 5.73. The Morgan fingerprint density at radius 3 is 2.86 bits per heavy atom. The Labute approximate surface area is 124 Å². The molecule has 1 aromatic carbocycles. The van der Waals surface area contributed by atoms with E-state index in [2.05, 4.69) is 0 Å². The molecule has 0 fully saturated rings. The maximum absolute atomic E-state index is 12.3. The van der Waals surface area contributed by atoms with Crippen LogP contribution in [0, 0.1) is 0 Å². The van der Waals surface area contributed by atoms with Crippen molar-refractivity contribution < 1.29 is 19.0 Å². The van der Waals surface area contributed by atoms with Crippen LogP contribution in [0.1, 0.15) is 18.9 Å². The molecule has 1 atom stereocenters. The molecule has 6 heteroatoms. The summed E-state index contributed by atoms with van der Waals surface area (Å²) in [6.45, 7) is 3.71. The molecule has 21 heavy (non-hydrogen) atoms. The van der Waals surface area contributed by atoms with E-state index in [4.69, 9.17) is 19.9 Å². The summed E-state index contributed by atoms with van der Waals surface area (Å²) >= 11 is 0. The molecule has 2 N–H and O–H groups in total. The van der Waals surface area contributed by atoms with Crippen LogP contribution >= 0.6 is 0 Å². The van der Waals surface area contributed by atoms with Crippen molar-refractivity contribution in [2.45, 2.75) is 26.0 Å². The molecule has 0 aromatic heterocycles. The minimum absolute atomic E-state index is 0.0347. The Balaban J connectivity index is 2.00. The molecule has 0 saturated heterocycles. The van der Waals surface area contributed by atoms with Crippen LogP contribution in [0.4, 0.5) is 0 Å². The minimum Gasteiger partial charge on any atom is -0.454 e. The number of hydrogen-bond acceptors (Lipinski definition) is 5. The fourth-order valence-corrected chi connectivity index (χ4v) is 2.22. The Hall–Kier alpha value is -1.79. The Kier molecular flexibility index (Phi) is 5.41. The topological polar surface area (TPSA) is 74.0 Å². The van der Waals surface area contributed by atoms with Gasteiger partial charge < -0.3 is 24.8 Å². The minimum atomic E-state index is -0.233. The molecule has 0 saturated carbocycles. The van der Waals surface area contributed by atoms with Gasteiger partial charge in [-0.3, -0.25) is 4.79 Å². The second-order valence-electron chi connectivity index (χ2n) is 4.89. The summed E-state index contributed by atoms with van der Waals surface area (Å²) in [5, 5.41) is 0. The zero-order valence-corrected chi connectivity index (χ0v) is 12.5. The first-order valence-corrected chi connectivity index (χ1v) is 7.07. The van der Waals surface area contributed by atoms with Gasteiger partial charge in [0.05, 0.1) is 12.5 Å². The Morgan fingerprint density at radius 2 is 2.19 bits per heavy atom. The first-order valence-electron chi connectivity index (χ1n) is 7.07. The smallest absolute Gasteiger partial charge is 0.231 e. The molecule has 116 valence electrons. The molecular formula is C15H22N2O4. The van der Waals surface area contributed by atoms with E-state index in [-0.39, 0.29) is 18.8 Å². The summed E-state index contributed by atoms with van der Waals surface area (Å²) in [4.78, 5) is 14.1. The number of hydrogen-bond donors (Lipinski definition) is 1. The maximum Gasteiger partial charge on any atom is 0.231 e. The zero-order valence-electron chi connectivity index (χ0n) is 12.5. The summed E-state index contributed by atoms with van der Waals surface area (Å²) in [5.41, 5.74) is 6.57. The fraction of sp³-hybridized carbons (Fsp3) is 0.533.